The number of hydrogen-bond donors (Lipinski definition) is 3. The molecular formula is C28H31NO5. The largest absolute Gasteiger partial charge is 0.494 e. The van der Waals surface area contributed by atoms with Crippen LogP contribution in [-0.2, 0) is 12.8 Å². The molecular weight excluding hydrogens is 430 g/mol. The summed E-state index contributed by atoms with van der Waals surface area (Å²) in [5.74, 6) is 0.646. The van der Waals surface area contributed by atoms with E-state index in [4.69, 9.17) is 14.9 Å². The number of benzene rings is 3. The summed E-state index contributed by atoms with van der Waals surface area (Å²) < 4.78 is 11.9. The van der Waals surface area contributed by atoms with Crippen molar-refractivity contribution in [1.29, 1.82) is 0 Å². The van der Waals surface area contributed by atoms with E-state index in [9.17, 15) is 15.0 Å². The van der Waals surface area contributed by atoms with Crippen LogP contribution >= 0.6 is 0 Å². The first kappa shape index (κ1) is 24.0. The molecule has 0 radical (unpaired) electrons. The van der Waals surface area contributed by atoms with E-state index in [1.54, 1.807) is 18.2 Å². The first-order valence-corrected chi connectivity index (χ1v) is 11.6. The lowest BCUT2D eigenvalue weighted by Crippen LogP contribution is -2.47. The van der Waals surface area contributed by atoms with Gasteiger partial charge in [0.05, 0.1) is 36.1 Å². The lowest BCUT2D eigenvalue weighted by molar-refractivity contribution is 0.115. The third-order valence-corrected chi connectivity index (χ3v) is 6.21. The molecule has 0 fully saturated rings. The molecule has 178 valence electrons. The van der Waals surface area contributed by atoms with Gasteiger partial charge in [-0.15, -0.1) is 0 Å². The minimum Gasteiger partial charge on any atom is -0.494 e. The zero-order valence-electron chi connectivity index (χ0n) is 19.4. The molecule has 0 atom stereocenters. The Labute approximate surface area is 198 Å². The molecule has 4 rings (SSSR count). The number of aryl methyl sites for hydroxylation is 3. The van der Waals surface area contributed by atoms with Crippen molar-refractivity contribution in [3.8, 4) is 5.75 Å². The quantitative estimate of drug-likeness (QED) is 0.244. The van der Waals surface area contributed by atoms with E-state index >= 15 is 0 Å². The van der Waals surface area contributed by atoms with E-state index in [-0.39, 0.29) is 18.6 Å². The maximum atomic E-state index is 13.1. The fourth-order valence-electron chi connectivity index (χ4n) is 4.06. The molecule has 34 heavy (non-hydrogen) atoms. The molecule has 3 aromatic carbocycles. The summed E-state index contributed by atoms with van der Waals surface area (Å²) in [6.45, 7) is 2.05. The summed E-state index contributed by atoms with van der Waals surface area (Å²) >= 11 is 0. The maximum absolute atomic E-state index is 13.1. The third-order valence-electron chi connectivity index (χ3n) is 6.21. The summed E-state index contributed by atoms with van der Waals surface area (Å²) in [4.78, 5) is 13.1. The van der Waals surface area contributed by atoms with Crippen molar-refractivity contribution in [3.05, 3.63) is 87.6 Å². The van der Waals surface area contributed by atoms with Crippen LogP contribution < -0.4 is 15.9 Å². The van der Waals surface area contributed by atoms with Crippen molar-refractivity contribution in [2.45, 2.75) is 38.1 Å². The smallest absolute Gasteiger partial charge is 0.200 e. The number of rotatable bonds is 10. The summed E-state index contributed by atoms with van der Waals surface area (Å²) in [7, 11) is 0. The molecule has 0 saturated carbocycles. The summed E-state index contributed by atoms with van der Waals surface area (Å²) in [6.07, 6.45) is 2.78. The number of ether oxygens (including phenoxy) is 1. The van der Waals surface area contributed by atoms with Crippen LogP contribution in [0.1, 0.15) is 29.5 Å². The molecule has 6 heteroatoms. The molecule has 0 aliphatic heterocycles. The first-order valence-electron chi connectivity index (χ1n) is 11.6. The Hall–Kier alpha value is -3.19. The molecule has 0 aliphatic rings. The molecule has 4 aromatic rings. The van der Waals surface area contributed by atoms with Gasteiger partial charge in [-0.05, 0) is 74.1 Å². The van der Waals surface area contributed by atoms with Gasteiger partial charge in [-0.1, -0.05) is 35.9 Å². The summed E-state index contributed by atoms with van der Waals surface area (Å²) in [5, 5.41) is 19.8. The van der Waals surface area contributed by atoms with Crippen LogP contribution in [0.3, 0.4) is 0 Å². The van der Waals surface area contributed by atoms with Crippen molar-refractivity contribution < 1.29 is 19.4 Å². The fourth-order valence-corrected chi connectivity index (χ4v) is 4.06. The standard InChI is InChI=1S/C28H31NO5/c1-19-4-2-5-20(14-19)6-3-13-33-22-8-10-25-24(16-22)27(32)23-9-7-21(15-26(23)34-25)11-12-28(29,17-30)18-31/h2,4-5,7-10,14-16,30-31H,3,6,11-13,17-18,29H2,1H3. The van der Waals surface area contributed by atoms with Crippen molar-refractivity contribution in [2.24, 2.45) is 5.73 Å². The van der Waals surface area contributed by atoms with Crippen molar-refractivity contribution in [3.63, 3.8) is 0 Å². The number of aliphatic hydroxyl groups excluding tert-OH is 2. The van der Waals surface area contributed by atoms with Gasteiger partial charge in [0.2, 0.25) is 5.43 Å². The number of aliphatic hydroxyl groups is 2. The second-order valence-electron chi connectivity index (χ2n) is 9.04. The highest BCUT2D eigenvalue weighted by atomic mass is 16.5. The average Bonchev–Trinajstić information content (AvgIpc) is 2.85. The lowest BCUT2D eigenvalue weighted by atomic mass is 9.93. The van der Waals surface area contributed by atoms with Crippen LogP contribution in [-0.4, -0.2) is 35.6 Å². The van der Waals surface area contributed by atoms with Crippen LogP contribution in [0.25, 0.3) is 21.9 Å². The zero-order valence-corrected chi connectivity index (χ0v) is 19.4. The Bertz CT molecular complexity index is 1340. The van der Waals surface area contributed by atoms with Gasteiger partial charge in [0.15, 0.2) is 0 Å². The van der Waals surface area contributed by atoms with E-state index in [0.717, 1.165) is 18.4 Å². The van der Waals surface area contributed by atoms with Gasteiger partial charge in [0.25, 0.3) is 0 Å². The van der Waals surface area contributed by atoms with Crippen LogP contribution in [0.15, 0.2) is 69.9 Å². The monoisotopic (exact) mass is 461 g/mol. The number of hydrogen-bond acceptors (Lipinski definition) is 6. The molecule has 0 aliphatic carbocycles. The minimum atomic E-state index is -1.03. The molecule has 0 amide bonds. The third kappa shape index (κ3) is 5.47. The van der Waals surface area contributed by atoms with E-state index in [1.165, 1.54) is 11.1 Å². The molecule has 0 unspecified atom stereocenters. The van der Waals surface area contributed by atoms with E-state index in [1.807, 2.05) is 18.2 Å². The maximum Gasteiger partial charge on any atom is 0.200 e. The van der Waals surface area contributed by atoms with E-state index in [0.29, 0.717) is 47.1 Å². The Morgan fingerprint density at radius 2 is 1.71 bits per heavy atom. The molecule has 1 aromatic heterocycles. The van der Waals surface area contributed by atoms with Crippen LogP contribution in [0.5, 0.6) is 5.75 Å². The fraction of sp³-hybridized carbons (Fsp3) is 0.321. The molecule has 6 nitrogen and oxygen atoms in total. The predicted molar refractivity (Wildman–Crippen MR) is 134 cm³/mol. The summed E-state index contributed by atoms with van der Waals surface area (Å²) in [5.41, 5.74) is 9.28. The van der Waals surface area contributed by atoms with Gasteiger partial charge in [-0.3, -0.25) is 4.79 Å². The van der Waals surface area contributed by atoms with Gasteiger partial charge in [-0.25, -0.2) is 0 Å². The number of fused-ring (bicyclic) bond motifs is 2. The molecule has 4 N–H and O–H groups in total. The highest BCUT2D eigenvalue weighted by Crippen LogP contribution is 2.24. The Balaban J connectivity index is 1.47. The Kier molecular flexibility index (Phi) is 7.32. The van der Waals surface area contributed by atoms with Crippen LogP contribution in [0.4, 0.5) is 0 Å². The molecule has 1 heterocycles. The molecule has 0 saturated heterocycles. The van der Waals surface area contributed by atoms with Crippen LogP contribution in [0, 0.1) is 6.92 Å². The van der Waals surface area contributed by atoms with Crippen molar-refractivity contribution in [2.75, 3.05) is 19.8 Å². The van der Waals surface area contributed by atoms with Gasteiger partial charge < -0.3 is 25.1 Å². The SMILES string of the molecule is Cc1cccc(CCCOc2ccc3oc4cc(CCC(N)(CO)CO)ccc4c(=O)c3c2)c1. The summed E-state index contributed by atoms with van der Waals surface area (Å²) in [6, 6.07) is 19.2. The molecule has 0 bridgehead atoms. The second kappa shape index (κ2) is 10.4. The van der Waals surface area contributed by atoms with Gasteiger partial charge in [0.1, 0.15) is 16.9 Å². The van der Waals surface area contributed by atoms with Crippen molar-refractivity contribution in [1.82, 2.24) is 0 Å². The Morgan fingerprint density at radius 1 is 0.912 bits per heavy atom. The topological polar surface area (TPSA) is 106 Å². The van der Waals surface area contributed by atoms with E-state index < -0.39 is 5.54 Å². The highest BCUT2D eigenvalue weighted by Gasteiger charge is 2.22. The zero-order chi connectivity index (χ0) is 24.1. The Morgan fingerprint density at radius 3 is 2.47 bits per heavy atom. The predicted octanol–water partition coefficient (Wildman–Crippen LogP) is 3.88. The van der Waals surface area contributed by atoms with Gasteiger partial charge in [0, 0.05) is 0 Å². The van der Waals surface area contributed by atoms with Crippen molar-refractivity contribution >= 4 is 21.9 Å². The highest BCUT2D eigenvalue weighted by molar-refractivity contribution is 5.90. The van der Waals surface area contributed by atoms with Crippen LogP contribution in [0.2, 0.25) is 0 Å². The number of nitrogens with two attached hydrogens (primary N) is 1. The lowest BCUT2D eigenvalue weighted by Gasteiger charge is -2.24. The first-order chi connectivity index (χ1) is 16.4. The average molecular weight is 462 g/mol. The normalized spacial score (nSPS) is 11.9. The molecule has 0 spiro atoms. The van der Waals surface area contributed by atoms with Gasteiger partial charge in [-0.2, -0.15) is 0 Å². The van der Waals surface area contributed by atoms with E-state index in [2.05, 4.69) is 31.2 Å². The van der Waals surface area contributed by atoms with Gasteiger partial charge >= 0.3 is 0 Å². The minimum absolute atomic E-state index is 0.105. The second-order valence-corrected chi connectivity index (χ2v) is 9.04.